The Morgan fingerprint density at radius 2 is 1.79 bits per heavy atom. The lowest BCUT2D eigenvalue weighted by molar-refractivity contribution is 0.429. The highest BCUT2D eigenvalue weighted by molar-refractivity contribution is 7.98. The normalized spacial score (nSPS) is 17.8. The van der Waals surface area contributed by atoms with Crippen molar-refractivity contribution in [3.8, 4) is 11.3 Å². The van der Waals surface area contributed by atoms with Gasteiger partial charge in [-0.05, 0) is 30.9 Å². The van der Waals surface area contributed by atoms with E-state index in [0.29, 0.717) is 6.54 Å². The second kappa shape index (κ2) is 7.59. The van der Waals surface area contributed by atoms with Crippen molar-refractivity contribution < 1.29 is 0 Å². The number of aromatic nitrogens is 2. The standard InChI is InChI=1S/C24H26N2OS/c1-4-24(3)15-18-13-9-10-14-19(18)21-20(24)22(27)26(5-2)23(25-21)28-16-17-11-7-6-8-12-17/h6-14H,4-5,15-16H2,1-3H3/t24-/m0/s1. The van der Waals surface area contributed by atoms with Crippen LogP contribution in [0.2, 0.25) is 0 Å². The fourth-order valence-corrected chi connectivity index (χ4v) is 5.11. The highest BCUT2D eigenvalue weighted by Crippen LogP contribution is 2.43. The Morgan fingerprint density at radius 3 is 2.50 bits per heavy atom. The minimum atomic E-state index is -0.173. The van der Waals surface area contributed by atoms with Gasteiger partial charge in [-0.1, -0.05) is 80.2 Å². The van der Waals surface area contributed by atoms with Gasteiger partial charge in [0.1, 0.15) is 0 Å². The van der Waals surface area contributed by atoms with E-state index in [0.717, 1.165) is 40.6 Å². The molecule has 3 nitrogen and oxygen atoms in total. The van der Waals surface area contributed by atoms with E-state index in [1.807, 2.05) is 35.8 Å². The van der Waals surface area contributed by atoms with Gasteiger partial charge in [-0.2, -0.15) is 0 Å². The minimum absolute atomic E-state index is 0.127. The summed E-state index contributed by atoms with van der Waals surface area (Å²) in [6.07, 6.45) is 1.81. The molecule has 0 radical (unpaired) electrons. The molecule has 1 aliphatic rings. The quantitative estimate of drug-likeness (QED) is 0.429. The van der Waals surface area contributed by atoms with E-state index < -0.39 is 0 Å². The molecular weight excluding hydrogens is 364 g/mol. The van der Waals surface area contributed by atoms with E-state index in [1.54, 1.807) is 11.8 Å². The van der Waals surface area contributed by atoms with Crippen LogP contribution in [0.5, 0.6) is 0 Å². The molecule has 0 unspecified atom stereocenters. The number of thioether (sulfide) groups is 1. The van der Waals surface area contributed by atoms with E-state index in [4.69, 9.17) is 4.98 Å². The molecule has 1 aromatic heterocycles. The molecule has 4 heteroatoms. The maximum atomic E-state index is 13.6. The number of benzene rings is 2. The van der Waals surface area contributed by atoms with E-state index in [-0.39, 0.29) is 11.0 Å². The molecule has 3 aromatic rings. The summed E-state index contributed by atoms with van der Waals surface area (Å²) in [5, 5.41) is 0.810. The lowest BCUT2D eigenvalue weighted by Crippen LogP contribution is -2.39. The van der Waals surface area contributed by atoms with Gasteiger partial charge in [0.05, 0.1) is 11.3 Å². The zero-order valence-electron chi connectivity index (χ0n) is 16.7. The van der Waals surface area contributed by atoms with Crippen molar-refractivity contribution in [1.29, 1.82) is 0 Å². The number of fused-ring (bicyclic) bond motifs is 3. The highest BCUT2D eigenvalue weighted by atomic mass is 32.2. The van der Waals surface area contributed by atoms with Gasteiger partial charge in [0.25, 0.3) is 5.56 Å². The summed E-state index contributed by atoms with van der Waals surface area (Å²) in [6.45, 7) is 7.05. The van der Waals surface area contributed by atoms with Gasteiger partial charge in [0.15, 0.2) is 5.16 Å². The first-order chi connectivity index (χ1) is 13.6. The van der Waals surface area contributed by atoms with Crippen LogP contribution in [0.4, 0.5) is 0 Å². The zero-order chi connectivity index (χ0) is 19.7. The van der Waals surface area contributed by atoms with E-state index >= 15 is 0 Å². The van der Waals surface area contributed by atoms with Crippen LogP contribution in [0.3, 0.4) is 0 Å². The van der Waals surface area contributed by atoms with Gasteiger partial charge in [-0.3, -0.25) is 9.36 Å². The molecule has 0 N–H and O–H groups in total. The first-order valence-electron chi connectivity index (χ1n) is 9.97. The van der Waals surface area contributed by atoms with Gasteiger partial charge >= 0.3 is 0 Å². The summed E-state index contributed by atoms with van der Waals surface area (Å²) in [7, 11) is 0. The van der Waals surface area contributed by atoms with E-state index in [9.17, 15) is 4.79 Å². The minimum Gasteiger partial charge on any atom is -0.288 e. The van der Waals surface area contributed by atoms with Crippen LogP contribution in [0.25, 0.3) is 11.3 Å². The lowest BCUT2D eigenvalue weighted by atomic mass is 9.69. The van der Waals surface area contributed by atoms with Crippen LogP contribution < -0.4 is 5.56 Å². The summed E-state index contributed by atoms with van der Waals surface area (Å²) >= 11 is 1.65. The van der Waals surface area contributed by atoms with Crippen molar-refractivity contribution in [1.82, 2.24) is 9.55 Å². The van der Waals surface area contributed by atoms with Crippen molar-refractivity contribution in [2.45, 2.75) is 56.5 Å². The molecule has 0 amide bonds. The molecule has 144 valence electrons. The number of hydrogen-bond acceptors (Lipinski definition) is 3. The predicted molar refractivity (Wildman–Crippen MR) is 117 cm³/mol. The first-order valence-corrected chi connectivity index (χ1v) is 11.0. The third-order valence-corrected chi connectivity index (χ3v) is 6.95. The molecule has 1 aliphatic carbocycles. The molecule has 0 saturated heterocycles. The molecule has 0 fully saturated rings. The summed E-state index contributed by atoms with van der Waals surface area (Å²) < 4.78 is 1.86. The van der Waals surface area contributed by atoms with Gasteiger partial charge in [-0.15, -0.1) is 0 Å². The Balaban J connectivity index is 1.87. The van der Waals surface area contributed by atoms with Crippen molar-refractivity contribution in [2.24, 2.45) is 0 Å². The fourth-order valence-electron chi connectivity index (χ4n) is 4.10. The fraction of sp³-hybridized carbons (Fsp3) is 0.333. The Bertz CT molecular complexity index is 1060. The molecule has 0 bridgehead atoms. The molecule has 4 rings (SSSR count). The van der Waals surface area contributed by atoms with Crippen LogP contribution in [0, 0.1) is 0 Å². The van der Waals surface area contributed by atoms with Crippen LogP contribution in [0.15, 0.2) is 64.5 Å². The Hall–Kier alpha value is -2.33. The third kappa shape index (κ3) is 3.20. The maximum Gasteiger partial charge on any atom is 0.258 e. The lowest BCUT2D eigenvalue weighted by Gasteiger charge is -2.35. The molecule has 28 heavy (non-hydrogen) atoms. The third-order valence-electron chi connectivity index (χ3n) is 5.90. The van der Waals surface area contributed by atoms with Crippen LogP contribution >= 0.6 is 11.8 Å². The second-order valence-corrected chi connectivity index (χ2v) is 8.63. The Morgan fingerprint density at radius 1 is 1.07 bits per heavy atom. The molecule has 1 atom stereocenters. The molecule has 0 spiro atoms. The Kier molecular flexibility index (Phi) is 5.15. The number of rotatable bonds is 5. The molecule has 2 aromatic carbocycles. The smallest absolute Gasteiger partial charge is 0.258 e. The maximum absolute atomic E-state index is 13.6. The van der Waals surface area contributed by atoms with Crippen molar-refractivity contribution >= 4 is 11.8 Å². The van der Waals surface area contributed by atoms with Crippen molar-refractivity contribution in [3.05, 3.63) is 81.6 Å². The number of nitrogens with zero attached hydrogens (tertiary/aromatic N) is 2. The molecule has 1 heterocycles. The predicted octanol–water partition coefficient (Wildman–Crippen LogP) is 5.45. The van der Waals surface area contributed by atoms with Crippen molar-refractivity contribution in [3.63, 3.8) is 0 Å². The molecule has 0 aliphatic heterocycles. The summed E-state index contributed by atoms with van der Waals surface area (Å²) in [5.74, 6) is 0.804. The van der Waals surface area contributed by atoms with Crippen LogP contribution in [-0.4, -0.2) is 9.55 Å². The van der Waals surface area contributed by atoms with Gasteiger partial charge in [-0.25, -0.2) is 4.98 Å². The van der Waals surface area contributed by atoms with Gasteiger partial charge < -0.3 is 0 Å². The second-order valence-electron chi connectivity index (χ2n) is 7.69. The molecular formula is C24H26N2OS. The Labute approximate surface area is 170 Å². The highest BCUT2D eigenvalue weighted by Gasteiger charge is 2.38. The van der Waals surface area contributed by atoms with Crippen LogP contribution in [-0.2, 0) is 24.1 Å². The van der Waals surface area contributed by atoms with Crippen molar-refractivity contribution in [2.75, 3.05) is 0 Å². The summed E-state index contributed by atoms with van der Waals surface area (Å²) in [6, 6.07) is 18.8. The van der Waals surface area contributed by atoms with E-state index in [2.05, 4.69) is 44.2 Å². The number of hydrogen-bond donors (Lipinski definition) is 0. The topological polar surface area (TPSA) is 34.9 Å². The zero-order valence-corrected chi connectivity index (χ0v) is 17.6. The average Bonchev–Trinajstić information content (AvgIpc) is 2.72. The van der Waals surface area contributed by atoms with E-state index in [1.165, 1.54) is 11.1 Å². The largest absolute Gasteiger partial charge is 0.288 e. The monoisotopic (exact) mass is 390 g/mol. The first kappa shape index (κ1) is 19.0. The summed E-state index contributed by atoms with van der Waals surface area (Å²) in [4.78, 5) is 18.6. The molecule has 0 saturated carbocycles. The SMILES string of the molecule is CCn1c(SCc2ccccc2)nc2c(c1=O)[C@@](C)(CC)Cc1ccccc1-2. The average molecular weight is 391 g/mol. The van der Waals surface area contributed by atoms with Gasteiger partial charge in [0, 0.05) is 23.3 Å². The van der Waals surface area contributed by atoms with Crippen LogP contribution in [0.1, 0.15) is 43.9 Å². The summed E-state index contributed by atoms with van der Waals surface area (Å²) in [5.41, 5.74) is 5.37. The van der Waals surface area contributed by atoms with Gasteiger partial charge in [0.2, 0.25) is 0 Å².